The number of aromatic nitrogens is 2. The SMILES string of the molecule is COc1ccc2[nH]c3c(c2c1)CCC[C@H]3NC(=O)COc1cn(C)c(C)cc1=O. The van der Waals surface area contributed by atoms with Gasteiger partial charge in [0.2, 0.25) is 5.43 Å². The fraction of sp³-hybridized carbons (Fsp3) is 0.364. The molecule has 152 valence electrons. The van der Waals surface area contributed by atoms with Gasteiger partial charge in [0.15, 0.2) is 12.4 Å². The quantitative estimate of drug-likeness (QED) is 0.696. The van der Waals surface area contributed by atoms with Crippen LogP contribution in [0.4, 0.5) is 0 Å². The second kappa shape index (κ2) is 7.66. The average Bonchev–Trinajstić information content (AvgIpc) is 3.08. The predicted molar refractivity (Wildman–Crippen MR) is 111 cm³/mol. The summed E-state index contributed by atoms with van der Waals surface area (Å²) in [5.41, 5.74) is 3.91. The van der Waals surface area contributed by atoms with Crippen LogP contribution in [0, 0.1) is 6.92 Å². The van der Waals surface area contributed by atoms with Crippen LogP contribution in [0.1, 0.15) is 35.8 Å². The van der Waals surface area contributed by atoms with E-state index in [1.165, 1.54) is 11.6 Å². The van der Waals surface area contributed by atoms with E-state index in [9.17, 15) is 9.59 Å². The van der Waals surface area contributed by atoms with Crippen molar-refractivity contribution in [3.05, 3.63) is 57.6 Å². The predicted octanol–water partition coefficient (Wildman–Crippen LogP) is 2.76. The van der Waals surface area contributed by atoms with Crippen LogP contribution in [0.3, 0.4) is 0 Å². The van der Waals surface area contributed by atoms with Gasteiger partial charge in [-0.1, -0.05) is 0 Å². The van der Waals surface area contributed by atoms with Gasteiger partial charge >= 0.3 is 0 Å². The zero-order valence-electron chi connectivity index (χ0n) is 16.9. The van der Waals surface area contributed by atoms with E-state index in [2.05, 4.69) is 10.3 Å². The van der Waals surface area contributed by atoms with Gasteiger partial charge in [-0.25, -0.2) is 0 Å². The van der Waals surface area contributed by atoms with Crippen molar-refractivity contribution < 1.29 is 14.3 Å². The molecule has 7 heteroatoms. The number of benzene rings is 1. The molecule has 0 aliphatic heterocycles. The zero-order valence-corrected chi connectivity index (χ0v) is 16.9. The summed E-state index contributed by atoms with van der Waals surface area (Å²) >= 11 is 0. The first-order valence-electron chi connectivity index (χ1n) is 9.74. The van der Waals surface area contributed by atoms with Crippen molar-refractivity contribution >= 4 is 16.8 Å². The van der Waals surface area contributed by atoms with Gasteiger partial charge in [0, 0.05) is 41.6 Å². The van der Waals surface area contributed by atoms with Crippen LogP contribution in [-0.2, 0) is 18.3 Å². The number of carbonyl (C=O) groups excluding carboxylic acids is 1. The van der Waals surface area contributed by atoms with Crippen molar-refractivity contribution in [3.63, 3.8) is 0 Å². The van der Waals surface area contributed by atoms with E-state index in [1.807, 2.05) is 32.2 Å². The lowest BCUT2D eigenvalue weighted by Gasteiger charge is -2.24. The van der Waals surface area contributed by atoms with E-state index in [1.54, 1.807) is 17.9 Å². The molecule has 3 aromatic rings. The van der Waals surface area contributed by atoms with Crippen molar-refractivity contribution in [1.82, 2.24) is 14.9 Å². The van der Waals surface area contributed by atoms with Gasteiger partial charge in [-0.3, -0.25) is 9.59 Å². The van der Waals surface area contributed by atoms with E-state index in [4.69, 9.17) is 9.47 Å². The van der Waals surface area contributed by atoms with Crippen molar-refractivity contribution in [1.29, 1.82) is 0 Å². The molecule has 0 radical (unpaired) electrons. The Morgan fingerprint density at radius 1 is 1.34 bits per heavy atom. The Morgan fingerprint density at radius 3 is 2.97 bits per heavy atom. The summed E-state index contributed by atoms with van der Waals surface area (Å²) in [5, 5.41) is 4.18. The third kappa shape index (κ3) is 3.72. The Kier molecular flexibility index (Phi) is 5.05. The molecule has 0 saturated heterocycles. The molecule has 0 spiro atoms. The highest BCUT2D eigenvalue weighted by Gasteiger charge is 2.26. The fourth-order valence-electron chi connectivity index (χ4n) is 3.90. The second-order valence-corrected chi connectivity index (χ2v) is 7.48. The third-order valence-corrected chi connectivity index (χ3v) is 5.56. The molecular formula is C22H25N3O4. The maximum atomic E-state index is 12.5. The molecule has 2 aromatic heterocycles. The highest BCUT2D eigenvalue weighted by Crippen LogP contribution is 2.36. The van der Waals surface area contributed by atoms with Crippen LogP contribution in [0.25, 0.3) is 10.9 Å². The Hall–Kier alpha value is -3.22. The van der Waals surface area contributed by atoms with Crippen molar-refractivity contribution in [3.8, 4) is 11.5 Å². The maximum absolute atomic E-state index is 12.5. The number of nitrogens with one attached hydrogen (secondary N) is 2. The number of ether oxygens (including phenoxy) is 2. The van der Waals surface area contributed by atoms with Crippen LogP contribution < -0.4 is 20.2 Å². The van der Waals surface area contributed by atoms with Crippen LogP contribution in [0.5, 0.6) is 11.5 Å². The number of fused-ring (bicyclic) bond motifs is 3. The lowest BCUT2D eigenvalue weighted by Crippen LogP contribution is -2.35. The van der Waals surface area contributed by atoms with Gasteiger partial charge in [-0.05, 0) is 49.9 Å². The van der Waals surface area contributed by atoms with E-state index in [0.29, 0.717) is 0 Å². The lowest BCUT2D eigenvalue weighted by molar-refractivity contribution is -0.124. The minimum atomic E-state index is -0.248. The van der Waals surface area contributed by atoms with E-state index in [-0.39, 0.29) is 29.7 Å². The summed E-state index contributed by atoms with van der Waals surface area (Å²) in [6.07, 6.45) is 4.41. The Bertz CT molecular complexity index is 1130. The Morgan fingerprint density at radius 2 is 2.17 bits per heavy atom. The average molecular weight is 395 g/mol. The molecule has 1 aromatic carbocycles. The first-order valence-corrected chi connectivity index (χ1v) is 9.74. The van der Waals surface area contributed by atoms with Gasteiger partial charge < -0.3 is 24.3 Å². The standard InChI is InChI=1S/C22H25N3O4/c1-13-9-19(26)20(11-25(13)2)29-12-21(27)23-18-6-4-5-15-16-10-14(28-3)7-8-17(16)24-22(15)18/h7-11,18,24H,4-6,12H2,1-3H3,(H,23,27)/t18-/m1/s1. The summed E-state index contributed by atoms with van der Waals surface area (Å²) in [6.45, 7) is 1.65. The summed E-state index contributed by atoms with van der Waals surface area (Å²) in [4.78, 5) is 28.0. The molecule has 4 rings (SSSR count). The molecule has 0 fully saturated rings. The molecule has 1 atom stereocenters. The lowest BCUT2D eigenvalue weighted by atomic mass is 9.91. The molecule has 0 saturated carbocycles. The number of hydrogen-bond donors (Lipinski definition) is 2. The number of pyridine rings is 1. The highest BCUT2D eigenvalue weighted by molar-refractivity contribution is 5.87. The third-order valence-electron chi connectivity index (χ3n) is 5.56. The molecule has 1 amide bonds. The summed E-state index contributed by atoms with van der Waals surface area (Å²) in [7, 11) is 3.49. The van der Waals surface area contributed by atoms with Crippen LogP contribution in [-0.4, -0.2) is 29.2 Å². The van der Waals surface area contributed by atoms with Gasteiger partial charge in [-0.15, -0.1) is 0 Å². The minimum absolute atomic E-state index is 0.103. The number of hydrogen-bond acceptors (Lipinski definition) is 4. The van der Waals surface area contributed by atoms with Crippen LogP contribution in [0.15, 0.2) is 35.3 Å². The molecule has 29 heavy (non-hydrogen) atoms. The molecule has 7 nitrogen and oxygen atoms in total. The number of nitrogens with zero attached hydrogens (tertiary/aromatic N) is 1. The van der Waals surface area contributed by atoms with Crippen molar-refractivity contribution in [2.45, 2.75) is 32.2 Å². The molecule has 1 aliphatic carbocycles. The Labute approximate surface area is 168 Å². The van der Waals surface area contributed by atoms with Gasteiger partial charge in [0.25, 0.3) is 5.91 Å². The maximum Gasteiger partial charge on any atom is 0.258 e. The van der Waals surface area contributed by atoms with Crippen molar-refractivity contribution in [2.75, 3.05) is 13.7 Å². The van der Waals surface area contributed by atoms with Gasteiger partial charge in [0.05, 0.1) is 13.2 Å². The first-order chi connectivity index (χ1) is 14.0. The number of carbonyl (C=O) groups is 1. The number of H-pyrrole nitrogens is 1. The normalized spacial score (nSPS) is 15.8. The Balaban J connectivity index is 1.49. The minimum Gasteiger partial charge on any atom is -0.497 e. The van der Waals surface area contributed by atoms with E-state index >= 15 is 0 Å². The number of aromatic amines is 1. The molecule has 0 bridgehead atoms. The monoisotopic (exact) mass is 395 g/mol. The summed E-state index contributed by atoms with van der Waals surface area (Å²) in [6, 6.07) is 7.36. The van der Waals surface area contributed by atoms with E-state index in [0.717, 1.165) is 47.3 Å². The first kappa shape index (κ1) is 19.1. The smallest absolute Gasteiger partial charge is 0.258 e. The fourth-order valence-corrected chi connectivity index (χ4v) is 3.90. The van der Waals surface area contributed by atoms with E-state index < -0.39 is 0 Å². The van der Waals surface area contributed by atoms with Gasteiger partial charge in [-0.2, -0.15) is 0 Å². The molecule has 2 heterocycles. The van der Waals surface area contributed by atoms with Gasteiger partial charge in [0.1, 0.15) is 5.75 Å². The number of aryl methyl sites for hydroxylation is 3. The summed E-state index contributed by atoms with van der Waals surface area (Å²) in [5.74, 6) is 0.746. The number of methoxy groups -OCH3 is 1. The molecule has 1 aliphatic rings. The number of rotatable bonds is 5. The number of amides is 1. The molecule has 2 N–H and O–H groups in total. The largest absolute Gasteiger partial charge is 0.497 e. The summed E-state index contributed by atoms with van der Waals surface area (Å²) < 4.78 is 12.6. The second-order valence-electron chi connectivity index (χ2n) is 7.48. The molecule has 0 unspecified atom stereocenters. The zero-order chi connectivity index (χ0) is 20.5. The topological polar surface area (TPSA) is 85.3 Å². The van der Waals surface area contributed by atoms with Crippen LogP contribution >= 0.6 is 0 Å². The van der Waals surface area contributed by atoms with Crippen molar-refractivity contribution in [2.24, 2.45) is 7.05 Å². The highest BCUT2D eigenvalue weighted by atomic mass is 16.5. The van der Waals surface area contributed by atoms with Crippen LogP contribution in [0.2, 0.25) is 0 Å². The molecular weight excluding hydrogens is 370 g/mol.